The van der Waals surface area contributed by atoms with E-state index in [2.05, 4.69) is 0 Å². The van der Waals surface area contributed by atoms with Gasteiger partial charge in [-0.1, -0.05) is 11.6 Å². The summed E-state index contributed by atoms with van der Waals surface area (Å²) in [5.74, 6) is 0.810. The van der Waals surface area contributed by atoms with E-state index in [-0.39, 0.29) is 12.4 Å². The molecular formula is C15H19ClO3. The van der Waals surface area contributed by atoms with Gasteiger partial charge in [-0.3, -0.25) is 4.79 Å². The van der Waals surface area contributed by atoms with E-state index < -0.39 is 0 Å². The van der Waals surface area contributed by atoms with Crippen LogP contribution in [0.3, 0.4) is 0 Å². The lowest BCUT2D eigenvalue weighted by atomic mass is 10.1. The first-order valence-electron chi connectivity index (χ1n) is 6.76. The first kappa shape index (κ1) is 14.4. The number of ether oxygens (including phenoxy) is 2. The van der Waals surface area contributed by atoms with Crippen molar-refractivity contribution in [1.82, 2.24) is 0 Å². The van der Waals surface area contributed by atoms with Gasteiger partial charge in [0, 0.05) is 18.1 Å². The molecule has 1 atom stereocenters. The van der Waals surface area contributed by atoms with Crippen LogP contribution in [0.5, 0.6) is 5.75 Å². The minimum absolute atomic E-state index is 0.132. The second-order valence-corrected chi connectivity index (χ2v) is 5.24. The molecule has 0 aromatic heterocycles. The van der Waals surface area contributed by atoms with Gasteiger partial charge >= 0.3 is 0 Å². The third-order valence-electron chi connectivity index (χ3n) is 3.22. The minimum atomic E-state index is 0.132. The van der Waals surface area contributed by atoms with Crippen LogP contribution in [0.4, 0.5) is 0 Å². The Labute approximate surface area is 118 Å². The fourth-order valence-electron chi connectivity index (χ4n) is 2.17. The van der Waals surface area contributed by atoms with Crippen LogP contribution in [0.1, 0.15) is 32.1 Å². The molecule has 3 nitrogen and oxygen atoms in total. The molecule has 1 aromatic carbocycles. The molecule has 104 valence electrons. The fraction of sp³-hybridized carbons (Fsp3) is 0.533. The summed E-state index contributed by atoms with van der Waals surface area (Å²) in [6, 6.07) is 7.03. The molecular weight excluding hydrogens is 264 g/mol. The molecule has 0 amide bonds. The largest absolute Gasteiger partial charge is 0.486 e. The lowest BCUT2D eigenvalue weighted by Gasteiger charge is -2.08. The van der Waals surface area contributed by atoms with Gasteiger partial charge in [0.2, 0.25) is 0 Å². The number of carbonyl (C=O) groups is 1. The van der Waals surface area contributed by atoms with Crippen LogP contribution in [-0.2, 0) is 9.53 Å². The van der Waals surface area contributed by atoms with E-state index in [1.807, 2.05) is 0 Å². The zero-order valence-electron chi connectivity index (χ0n) is 10.9. The minimum Gasteiger partial charge on any atom is -0.486 e. The van der Waals surface area contributed by atoms with E-state index in [1.165, 1.54) is 0 Å². The molecule has 0 aliphatic carbocycles. The fourth-order valence-corrected chi connectivity index (χ4v) is 2.29. The molecule has 0 radical (unpaired) electrons. The molecule has 1 heterocycles. The average Bonchev–Trinajstić information content (AvgIpc) is 2.91. The zero-order chi connectivity index (χ0) is 13.5. The average molecular weight is 283 g/mol. The van der Waals surface area contributed by atoms with Crippen molar-refractivity contribution in [2.45, 2.75) is 38.2 Å². The first-order valence-corrected chi connectivity index (χ1v) is 7.13. The van der Waals surface area contributed by atoms with Gasteiger partial charge in [-0.25, -0.2) is 0 Å². The van der Waals surface area contributed by atoms with Crippen LogP contribution in [-0.4, -0.2) is 25.1 Å². The molecule has 2 rings (SSSR count). The van der Waals surface area contributed by atoms with Crippen molar-refractivity contribution >= 4 is 17.4 Å². The highest BCUT2D eigenvalue weighted by Crippen LogP contribution is 2.18. The molecule has 1 saturated heterocycles. The predicted octanol–water partition coefficient (Wildman–Crippen LogP) is 3.64. The van der Waals surface area contributed by atoms with E-state index >= 15 is 0 Å². The molecule has 1 aromatic rings. The normalized spacial score (nSPS) is 18.5. The highest BCUT2D eigenvalue weighted by atomic mass is 35.5. The quantitative estimate of drug-likeness (QED) is 0.766. The van der Waals surface area contributed by atoms with Crippen LogP contribution < -0.4 is 4.74 Å². The SMILES string of the molecule is O=C(CCCC1CCCO1)COc1ccc(Cl)cc1. The van der Waals surface area contributed by atoms with Gasteiger partial charge in [0.25, 0.3) is 0 Å². The molecule has 0 bridgehead atoms. The second-order valence-electron chi connectivity index (χ2n) is 4.81. The smallest absolute Gasteiger partial charge is 0.170 e. The Morgan fingerprint density at radius 3 is 2.84 bits per heavy atom. The van der Waals surface area contributed by atoms with Crippen LogP contribution in [0.25, 0.3) is 0 Å². The summed E-state index contributed by atoms with van der Waals surface area (Å²) >= 11 is 5.77. The van der Waals surface area contributed by atoms with Crippen molar-refractivity contribution in [3.8, 4) is 5.75 Å². The Bertz CT molecular complexity index is 396. The van der Waals surface area contributed by atoms with Crippen molar-refractivity contribution in [3.63, 3.8) is 0 Å². The van der Waals surface area contributed by atoms with Crippen LogP contribution >= 0.6 is 11.6 Å². The molecule has 4 heteroatoms. The monoisotopic (exact) mass is 282 g/mol. The van der Waals surface area contributed by atoms with E-state index in [9.17, 15) is 4.79 Å². The number of carbonyl (C=O) groups excluding carboxylic acids is 1. The number of halogens is 1. The number of ketones is 1. The summed E-state index contributed by atoms with van der Waals surface area (Å²) in [4.78, 5) is 11.7. The first-order chi connectivity index (χ1) is 9.24. The van der Waals surface area contributed by atoms with Crippen molar-refractivity contribution in [1.29, 1.82) is 0 Å². The van der Waals surface area contributed by atoms with Crippen LogP contribution in [0.15, 0.2) is 24.3 Å². The van der Waals surface area contributed by atoms with E-state index in [1.54, 1.807) is 24.3 Å². The number of hydrogen-bond donors (Lipinski definition) is 0. The van der Waals surface area contributed by atoms with E-state index in [4.69, 9.17) is 21.1 Å². The Morgan fingerprint density at radius 2 is 2.16 bits per heavy atom. The third kappa shape index (κ3) is 5.21. The number of benzene rings is 1. The molecule has 1 aliphatic heterocycles. The standard InChI is InChI=1S/C15H19ClO3/c16-12-6-8-15(9-7-12)19-11-13(17)3-1-4-14-5-2-10-18-14/h6-9,14H,1-5,10-11H2. The maximum absolute atomic E-state index is 11.7. The lowest BCUT2D eigenvalue weighted by molar-refractivity contribution is -0.121. The highest BCUT2D eigenvalue weighted by molar-refractivity contribution is 6.30. The van der Waals surface area contributed by atoms with Gasteiger partial charge in [0.05, 0.1) is 6.10 Å². The summed E-state index contributed by atoms with van der Waals surface area (Å²) in [6.45, 7) is 1.01. The van der Waals surface area contributed by atoms with Crippen LogP contribution in [0.2, 0.25) is 5.02 Å². The lowest BCUT2D eigenvalue weighted by Crippen LogP contribution is -2.12. The molecule has 1 fully saturated rings. The highest BCUT2D eigenvalue weighted by Gasteiger charge is 2.15. The van der Waals surface area contributed by atoms with Crippen LogP contribution in [0, 0.1) is 0 Å². The van der Waals surface area contributed by atoms with Gasteiger partial charge in [-0.15, -0.1) is 0 Å². The zero-order valence-corrected chi connectivity index (χ0v) is 11.7. The summed E-state index contributed by atoms with van der Waals surface area (Å²) in [5.41, 5.74) is 0. The van der Waals surface area contributed by atoms with Crippen molar-refractivity contribution < 1.29 is 14.3 Å². The second kappa shape index (κ2) is 7.51. The van der Waals surface area contributed by atoms with E-state index in [0.29, 0.717) is 23.3 Å². The van der Waals surface area contributed by atoms with Crippen molar-refractivity contribution in [3.05, 3.63) is 29.3 Å². The maximum Gasteiger partial charge on any atom is 0.170 e. The Morgan fingerprint density at radius 1 is 1.37 bits per heavy atom. The molecule has 0 N–H and O–H groups in total. The molecule has 1 unspecified atom stereocenters. The molecule has 1 aliphatic rings. The summed E-state index contributed by atoms with van der Waals surface area (Å²) in [7, 11) is 0. The van der Waals surface area contributed by atoms with Crippen molar-refractivity contribution in [2.75, 3.05) is 13.2 Å². The van der Waals surface area contributed by atoms with Gasteiger partial charge in [-0.2, -0.15) is 0 Å². The summed E-state index contributed by atoms with van der Waals surface area (Å²) < 4.78 is 10.9. The van der Waals surface area contributed by atoms with Gasteiger partial charge in [0.1, 0.15) is 12.4 Å². The molecule has 0 saturated carbocycles. The number of Topliss-reactive ketones (excluding diaryl/α,β-unsaturated/α-hetero) is 1. The van der Waals surface area contributed by atoms with Gasteiger partial charge in [-0.05, 0) is 49.9 Å². The Balaban J connectivity index is 1.60. The van der Waals surface area contributed by atoms with Gasteiger partial charge < -0.3 is 9.47 Å². The van der Waals surface area contributed by atoms with E-state index in [0.717, 1.165) is 32.3 Å². The predicted molar refractivity (Wildman–Crippen MR) is 74.8 cm³/mol. The number of rotatable bonds is 7. The number of hydrogen-bond acceptors (Lipinski definition) is 3. The maximum atomic E-state index is 11.7. The molecule has 0 spiro atoms. The Kier molecular flexibility index (Phi) is 5.67. The summed E-state index contributed by atoms with van der Waals surface area (Å²) in [5, 5.41) is 0.662. The Hall–Kier alpha value is -1.06. The summed E-state index contributed by atoms with van der Waals surface area (Å²) in [6.07, 6.45) is 5.08. The third-order valence-corrected chi connectivity index (χ3v) is 3.47. The molecule has 19 heavy (non-hydrogen) atoms. The van der Waals surface area contributed by atoms with Crippen molar-refractivity contribution in [2.24, 2.45) is 0 Å². The van der Waals surface area contributed by atoms with Gasteiger partial charge in [0.15, 0.2) is 5.78 Å². The topological polar surface area (TPSA) is 35.5 Å².